The number of nitrogens with one attached hydrogen (secondary N) is 2. The van der Waals surface area contributed by atoms with Crippen molar-refractivity contribution in [2.45, 2.75) is 37.4 Å². The van der Waals surface area contributed by atoms with Crippen LogP contribution in [0.2, 0.25) is 0 Å². The standard InChI is InChI=1S/C20H22F3N3O4S2/c1-12-18(13-8-10-26(12)11-9-13)24-19(27)16-6-7-17(31-16)30-15-4-2-14(3-5-15)25-32(28,29)20(21,22)23/h2-7,12-13,18,25H,8-11H2,1H3,(H,24,27). The molecule has 1 amide bonds. The Bertz CT molecular complexity index is 1080. The van der Waals surface area contributed by atoms with Crippen molar-refractivity contribution in [3.63, 3.8) is 0 Å². The van der Waals surface area contributed by atoms with Gasteiger partial charge in [0.05, 0.1) is 4.88 Å². The molecule has 2 N–H and O–H groups in total. The minimum absolute atomic E-state index is 0.115. The molecule has 7 nitrogen and oxygen atoms in total. The van der Waals surface area contributed by atoms with E-state index in [1.54, 1.807) is 12.1 Å². The fourth-order valence-electron chi connectivity index (χ4n) is 4.19. The zero-order valence-corrected chi connectivity index (χ0v) is 18.7. The average molecular weight is 490 g/mol. The molecule has 0 aliphatic carbocycles. The number of carbonyl (C=O) groups is 1. The maximum atomic E-state index is 12.7. The van der Waals surface area contributed by atoms with Crippen LogP contribution in [-0.2, 0) is 10.0 Å². The molecule has 2 unspecified atom stereocenters. The van der Waals surface area contributed by atoms with E-state index in [9.17, 15) is 26.4 Å². The molecule has 3 aliphatic heterocycles. The van der Waals surface area contributed by atoms with Gasteiger partial charge in [-0.3, -0.25) is 14.4 Å². The van der Waals surface area contributed by atoms with Crippen LogP contribution in [0.1, 0.15) is 29.4 Å². The van der Waals surface area contributed by atoms with E-state index in [0.29, 0.717) is 27.6 Å². The molecule has 3 saturated heterocycles. The second kappa shape index (κ2) is 8.56. The minimum atomic E-state index is -5.48. The van der Waals surface area contributed by atoms with E-state index in [-0.39, 0.29) is 17.6 Å². The number of halogens is 3. The van der Waals surface area contributed by atoms with Crippen LogP contribution in [0.5, 0.6) is 10.8 Å². The van der Waals surface area contributed by atoms with Gasteiger partial charge in [-0.25, -0.2) is 0 Å². The van der Waals surface area contributed by atoms with Crippen molar-refractivity contribution >= 4 is 33.0 Å². The van der Waals surface area contributed by atoms with Crippen LogP contribution in [0.25, 0.3) is 0 Å². The summed E-state index contributed by atoms with van der Waals surface area (Å²) in [6.07, 6.45) is 2.17. The van der Waals surface area contributed by atoms with Crippen LogP contribution in [0.4, 0.5) is 18.9 Å². The lowest BCUT2D eigenvalue weighted by molar-refractivity contribution is -0.0429. The predicted molar refractivity (Wildman–Crippen MR) is 114 cm³/mol. The Morgan fingerprint density at radius 1 is 1.12 bits per heavy atom. The maximum absolute atomic E-state index is 12.7. The molecular formula is C20H22F3N3O4S2. The van der Waals surface area contributed by atoms with Crippen LogP contribution in [0.15, 0.2) is 36.4 Å². The number of thiophene rings is 1. The van der Waals surface area contributed by atoms with Crippen LogP contribution < -0.4 is 14.8 Å². The van der Waals surface area contributed by atoms with Gasteiger partial charge in [-0.05, 0) is 75.2 Å². The summed E-state index contributed by atoms with van der Waals surface area (Å²) in [6.45, 7) is 4.29. The van der Waals surface area contributed by atoms with Crippen molar-refractivity contribution in [1.29, 1.82) is 0 Å². The molecule has 4 heterocycles. The quantitative estimate of drug-likeness (QED) is 0.640. The number of nitrogens with zero attached hydrogens (tertiary/aromatic N) is 1. The number of rotatable bonds is 6. The zero-order chi connectivity index (χ0) is 23.1. The third-order valence-corrected chi connectivity index (χ3v) is 7.99. The van der Waals surface area contributed by atoms with Gasteiger partial charge in [0.15, 0.2) is 5.06 Å². The largest absolute Gasteiger partial charge is 0.516 e. The molecule has 2 bridgehead atoms. The number of carbonyl (C=O) groups excluding carboxylic acids is 1. The Hall–Kier alpha value is -2.31. The number of benzene rings is 1. The molecule has 3 fully saturated rings. The SMILES string of the molecule is CC1C(NC(=O)c2ccc(Oc3ccc(NS(=O)(=O)C(F)(F)F)cc3)s2)C2CCN1CC2. The number of fused-ring (bicyclic) bond motifs is 3. The zero-order valence-electron chi connectivity index (χ0n) is 17.1. The summed E-state index contributed by atoms with van der Waals surface area (Å²) in [4.78, 5) is 15.6. The van der Waals surface area contributed by atoms with Crippen LogP contribution in [-0.4, -0.2) is 49.9 Å². The number of anilines is 1. The highest BCUT2D eigenvalue weighted by Gasteiger charge is 2.46. The van der Waals surface area contributed by atoms with Gasteiger partial charge in [-0.1, -0.05) is 11.3 Å². The van der Waals surface area contributed by atoms with Crippen molar-refractivity contribution in [2.24, 2.45) is 5.92 Å². The molecule has 1 aromatic carbocycles. The number of hydrogen-bond donors (Lipinski definition) is 2. The highest BCUT2D eigenvalue weighted by Crippen LogP contribution is 2.34. The first-order valence-electron chi connectivity index (χ1n) is 10.1. The third-order valence-electron chi connectivity index (χ3n) is 5.91. The first-order valence-corrected chi connectivity index (χ1v) is 12.4. The summed E-state index contributed by atoms with van der Waals surface area (Å²) < 4.78 is 66.8. The summed E-state index contributed by atoms with van der Waals surface area (Å²) >= 11 is 1.16. The lowest BCUT2D eigenvalue weighted by Gasteiger charge is -2.49. The molecule has 1 aromatic heterocycles. The molecule has 0 spiro atoms. The summed E-state index contributed by atoms with van der Waals surface area (Å²) in [5.74, 6) is 0.620. The van der Waals surface area contributed by atoms with Crippen LogP contribution in [0.3, 0.4) is 0 Å². The van der Waals surface area contributed by atoms with Crippen LogP contribution in [0, 0.1) is 5.92 Å². The molecule has 0 radical (unpaired) electrons. The number of amides is 1. The van der Waals surface area contributed by atoms with Gasteiger partial charge >= 0.3 is 15.5 Å². The summed E-state index contributed by atoms with van der Waals surface area (Å²) in [5, 5.41) is 3.58. The maximum Gasteiger partial charge on any atom is 0.516 e. The number of sulfonamides is 1. The smallest absolute Gasteiger partial charge is 0.447 e. The van der Waals surface area contributed by atoms with Gasteiger partial charge in [0.1, 0.15) is 5.75 Å². The second-order valence-corrected chi connectivity index (χ2v) is 10.6. The normalized spacial score (nSPS) is 25.4. The lowest BCUT2D eigenvalue weighted by atomic mass is 9.79. The molecule has 2 aromatic rings. The molecule has 0 saturated carbocycles. The van der Waals surface area contributed by atoms with Gasteiger partial charge in [0.25, 0.3) is 5.91 Å². The molecule has 32 heavy (non-hydrogen) atoms. The highest BCUT2D eigenvalue weighted by atomic mass is 32.2. The fraction of sp³-hybridized carbons (Fsp3) is 0.450. The van der Waals surface area contributed by atoms with Gasteiger partial charge in [-0.15, -0.1) is 0 Å². The Kier molecular flexibility index (Phi) is 6.12. The number of alkyl halides is 3. The second-order valence-electron chi connectivity index (χ2n) is 7.91. The number of ether oxygens (including phenoxy) is 1. The van der Waals surface area contributed by atoms with Crippen molar-refractivity contribution in [2.75, 3.05) is 17.8 Å². The molecule has 2 atom stereocenters. The molecule has 5 rings (SSSR count). The van der Waals surface area contributed by atoms with Crippen LogP contribution >= 0.6 is 11.3 Å². The van der Waals surface area contributed by atoms with Crippen molar-refractivity contribution in [3.05, 3.63) is 41.3 Å². The molecule has 3 aliphatic rings. The Morgan fingerprint density at radius 3 is 2.38 bits per heavy atom. The van der Waals surface area contributed by atoms with E-state index >= 15 is 0 Å². The first-order chi connectivity index (χ1) is 15.0. The van der Waals surface area contributed by atoms with Gasteiger partial charge in [-0.2, -0.15) is 21.6 Å². The Balaban J connectivity index is 1.36. The number of piperidine rings is 3. The fourth-order valence-corrected chi connectivity index (χ4v) is 5.53. The van der Waals surface area contributed by atoms with Crippen molar-refractivity contribution in [3.8, 4) is 10.8 Å². The van der Waals surface area contributed by atoms with Gasteiger partial charge in [0.2, 0.25) is 0 Å². The summed E-state index contributed by atoms with van der Waals surface area (Å²) in [7, 11) is -5.48. The molecular weight excluding hydrogens is 467 g/mol. The minimum Gasteiger partial charge on any atom is -0.447 e. The van der Waals surface area contributed by atoms with Gasteiger partial charge < -0.3 is 10.1 Å². The van der Waals surface area contributed by atoms with E-state index < -0.39 is 15.5 Å². The van der Waals surface area contributed by atoms with E-state index in [1.807, 2.05) is 0 Å². The van der Waals surface area contributed by atoms with E-state index in [4.69, 9.17) is 4.74 Å². The molecule has 12 heteroatoms. The van der Waals surface area contributed by atoms with Gasteiger partial charge in [0, 0.05) is 17.8 Å². The predicted octanol–water partition coefficient (Wildman–Crippen LogP) is 4.01. The summed E-state index contributed by atoms with van der Waals surface area (Å²) in [5.41, 5.74) is -5.64. The summed E-state index contributed by atoms with van der Waals surface area (Å²) in [6, 6.07) is 8.71. The monoisotopic (exact) mass is 489 g/mol. The topological polar surface area (TPSA) is 87.7 Å². The Labute approximate surface area is 187 Å². The van der Waals surface area contributed by atoms with E-state index in [1.165, 1.54) is 16.9 Å². The van der Waals surface area contributed by atoms with E-state index in [0.717, 1.165) is 49.4 Å². The number of hydrogen-bond acceptors (Lipinski definition) is 6. The first kappa shape index (κ1) is 22.9. The average Bonchev–Trinajstić information content (AvgIpc) is 3.20. The van der Waals surface area contributed by atoms with Crippen molar-refractivity contribution in [1.82, 2.24) is 10.2 Å². The molecule has 174 valence electrons. The lowest BCUT2D eigenvalue weighted by Crippen LogP contribution is -2.62. The Morgan fingerprint density at radius 2 is 1.78 bits per heavy atom. The highest BCUT2D eigenvalue weighted by molar-refractivity contribution is 7.93. The van der Waals surface area contributed by atoms with E-state index in [2.05, 4.69) is 17.1 Å². The van der Waals surface area contributed by atoms with Crippen molar-refractivity contribution < 1.29 is 31.1 Å². The third kappa shape index (κ3) is 4.71.